The van der Waals surface area contributed by atoms with E-state index in [1.165, 1.54) is 0 Å². The van der Waals surface area contributed by atoms with Crippen molar-refractivity contribution >= 4 is 16.8 Å². The highest BCUT2D eigenvalue weighted by atomic mass is 16.2. The van der Waals surface area contributed by atoms with Crippen molar-refractivity contribution in [3.8, 4) is 0 Å². The second-order valence-electron chi connectivity index (χ2n) is 5.56. The molecule has 1 aromatic heterocycles. The van der Waals surface area contributed by atoms with Crippen molar-refractivity contribution in [3.05, 3.63) is 42.1 Å². The summed E-state index contributed by atoms with van der Waals surface area (Å²) < 4.78 is 0. The Balaban J connectivity index is 1.88. The van der Waals surface area contributed by atoms with Crippen LogP contribution in [0.1, 0.15) is 10.4 Å². The molecule has 1 unspecified atom stereocenters. The third kappa shape index (κ3) is 2.75. The van der Waals surface area contributed by atoms with Gasteiger partial charge < -0.3 is 15.5 Å². The smallest absolute Gasteiger partial charge is 0.254 e. The average molecular weight is 284 g/mol. The molecule has 1 aromatic carbocycles. The predicted octanol–water partition coefficient (Wildman–Crippen LogP) is 0.950. The number of piperazine rings is 1. The van der Waals surface area contributed by atoms with Gasteiger partial charge in [0.1, 0.15) is 0 Å². The number of aromatic nitrogens is 1. The van der Waals surface area contributed by atoms with Crippen LogP contribution in [-0.2, 0) is 0 Å². The fourth-order valence-electron chi connectivity index (χ4n) is 2.85. The van der Waals surface area contributed by atoms with Crippen LogP contribution in [0.5, 0.6) is 0 Å². The Bertz CT molecular complexity index is 658. The minimum atomic E-state index is 0.0595. The molecule has 3 rings (SSSR count). The maximum atomic E-state index is 12.8. The molecule has 1 fully saturated rings. The third-order valence-electron chi connectivity index (χ3n) is 4.07. The summed E-state index contributed by atoms with van der Waals surface area (Å²) in [5.41, 5.74) is 7.44. The number of nitrogens with two attached hydrogens (primary N) is 1. The normalized spacial score (nSPS) is 19.9. The maximum absolute atomic E-state index is 12.8. The zero-order valence-corrected chi connectivity index (χ0v) is 12.2. The topological polar surface area (TPSA) is 62.5 Å². The van der Waals surface area contributed by atoms with E-state index >= 15 is 0 Å². The summed E-state index contributed by atoms with van der Waals surface area (Å²) in [6.45, 7) is 2.93. The van der Waals surface area contributed by atoms with Gasteiger partial charge in [-0.3, -0.25) is 9.78 Å². The summed E-state index contributed by atoms with van der Waals surface area (Å²) in [7, 11) is 2.06. The molecule has 110 valence electrons. The van der Waals surface area contributed by atoms with E-state index in [1.807, 2.05) is 35.2 Å². The van der Waals surface area contributed by atoms with Crippen LogP contribution < -0.4 is 5.73 Å². The molecular formula is C16H20N4O. The Morgan fingerprint density at radius 3 is 3.05 bits per heavy atom. The average Bonchev–Trinajstić information content (AvgIpc) is 2.53. The molecule has 1 amide bonds. The van der Waals surface area contributed by atoms with Gasteiger partial charge in [0.05, 0.1) is 11.6 Å². The van der Waals surface area contributed by atoms with Gasteiger partial charge in [0.15, 0.2) is 0 Å². The first-order valence-corrected chi connectivity index (χ1v) is 7.23. The van der Waals surface area contributed by atoms with Crippen molar-refractivity contribution < 1.29 is 4.79 Å². The van der Waals surface area contributed by atoms with Crippen molar-refractivity contribution in [2.24, 2.45) is 5.73 Å². The number of likely N-dealkylation sites (N-methyl/N-ethyl adjacent to an activating group) is 1. The molecule has 0 bridgehead atoms. The van der Waals surface area contributed by atoms with Gasteiger partial charge in [0.2, 0.25) is 0 Å². The summed E-state index contributed by atoms with van der Waals surface area (Å²) in [6, 6.07) is 9.61. The van der Waals surface area contributed by atoms with E-state index in [-0.39, 0.29) is 11.9 Å². The molecule has 2 heterocycles. The fourth-order valence-corrected chi connectivity index (χ4v) is 2.85. The van der Waals surface area contributed by atoms with Crippen molar-refractivity contribution in [2.45, 2.75) is 6.04 Å². The van der Waals surface area contributed by atoms with Gasteiger partial charge in [0.25, 0.3) is 5.91 Å². The van der Waals surface area contributed by atoms with Crippen LogP contribution in [0.2, 0.25) is 0 Å². The monoisotopic (exact) mass is 284 g/mol. The minimum Gasteiger partial charge on any atom is -0.332 e. The first-order valence-electron chi connectivity index (χ1n) is 7.23. The standard InChI is InChI=1S/C16H20N4O/c1-19-7-8-20(14(10-17)11-19)16(21)13-4-5-15-12(9-13)3-2-6-18-15/h2-6,9,14H,7-8,10-11,17H2,1H3. The summed E-state index contributed by atoms with van der Waals surface area (Å²) in [5.74, 6) is 0.0595. The Morgan fingerprint density at radius 1 is 1.38 bits per heavy atom. The van der Waals surface area contributed by atoms with Crippen molar-refractivity contribution in [3.63, 3.8) is 0 Å². The highest BCUT2D eigenvalue weighted by Gasteiger charge is 2.28. The number of rotatable bonds is 2. The van der Waals surface area contributed by atoms with Crippen LogP contribution in [0, 0.1) is 0 Å². The first-order chi connectivity index (χ1) is 10.2. The molecule has 2 N–H and O–H groups in total. The molecule has 1 atom stereocenters. The number of amides is 1. The van der Waals surface area contributed by atoms with Crippen LogP contribution in [0.25, 0.3) is 10.9 Å². The Labute approximate surface area is 124 Å². The van der Waals surface area contributed by atoms with Crippen molar-refractivity contribution in [2.75, 3.05) is 33.2 Å². The van der Waals surface area contributed by atoms with Crippen LogP contribution in [0.3, 0.4) is 0 Å². The lowest BCUT2D eigenvalue weighted by Gasteiger charge is -2.39. The molecule has 5 heteroatoms. The Morgan fingerprint density at radius 2 is 2.24 bits per heavy atom. The maximum Gasteiger partial charge on any atom is 0.254 e. The van der Waals surface area contributed by atoms with Gasteiger partial charge in [0, 0.05) is 43.3 Å². The lowest BCUT2D eigenvalue weighted by molar-refractivity contribution is 0.0516. The number of pyridine rings is 1. The predicted molar refractivity (Wildman–Crippen MR) is 83.1 cm³/mol. The van der Waals surface area contributed by atoms with Crippen molar-refractivity contribution in [1.82, 2.24) is 14.8 Å². The van der Waals surface area contributed by atoms with Crippen LogP contribution in [0.4, 0.5) is 0 Å². The van der Waals surface area contributed by atoms with Gasteiger partial charge in [-0.15, -0.1) is 0 Å². The van der Waals surface area contributed by atoms with Gasteiger partial charge in [-0.1, -0.05) is 6.07 Å². The van der Waals surface area contributed by atoms with Gasteiger partial charge in [-0.25, -0.2) is 0 Å². The summed E-state index contributed by atoms with van der Waals surface area (Å²) in [4.78, 5) is 21.1. The molecule has 1 aliphatic heterocycles. The van der Waals surface area contributed by atoms with E-state index in [4.69, 9.17) is 5.73 Å². The largest absolute Gasteiger partial charge is 0.332 e. The molecule has 0 saturated carbocycles. The molecule has 1 saturated heterocycles. The van der Waals surface area contributed by atoms with E-state index < -0.39 is 0 Å². The molecule has 1 aliphatic rings. The van der Waals surface area contributed by atoms with Gasteiger partial charge in [-0.2, -0.15) is 0 Å². The number of carbonyl (C=O) groups excluding carboxylic acids is 1. The van der Waals surface area contributed by atoms with Crippen LogP contribution in [0.15, 0.2) is 36.5 Å². The summed E-state index contributed by atoms with van der Waals surface area (Å²) >= 11 is 0. The first kappa shape index (κ1) is 14.0. The SMILES string of the molecule is CN1CCN(C(=O)c2ccc3ncccc3c2)C(CN)C1. The number of fused-ring (bicyclic) bond motifs is 1. The molecule has 21 heavy (non-hydrogen) atoms. The summed E-state index contributed by atoms with van der Waals surface area (Å²) in [5, 5.41) is 0.988. The zero-order valence-electron chi connectivity index (χ0n) is 12.2. The number of hydrogen-bond donors (Lipinski definition) is 1. The number of carbonyl (C=O) groups is 1. The number of benzene rings is 1. The third-order valence-corrected chi connectivity index (χ3v) is 4.07. The highest BCUT2D eigenvalue weighted by Crippen LogP contribution is 2.17. The summed E-state index contributed by atoms with van der Waals surface area (Å²) in [6.07, 6.45) is 1.76. The molecule has 0 aliphatic carbocycles. The van der Waals surface area contributed by atoms with E-state index in [1.54, 1.807) is 6.20 Å². The molecular weight excluding hydrogens is 264 g/mol. The highest BCUT2D eigenvalue weighted by molar-refractivity contribution is 5.98. The molecule has 0 radical (unpaired) electrons. The zero-order chi connectivity index (χ0) is 14.8. The number of nitrogens with zero attached hydrogens (tertiary/aromatic N) is 3. The van der Waals surface area contributed by atoms with E-state index in [9.17, 15) is 4.79 Å². The second kappa shape index (κ2) is 5.79. The number of hydrogen-bond acceptors (Lipinski definition) is 4. The van der Waals surface area contributed by atoms with Crippen LogP contribution in [-0.4, -0.2) is 60.0 Å². The second-order valence-corrected chi connectivity index (χ2v) is 5.56. The van der Waals surface area contributed by atoms with E-state index in [0.717, 1.165) is 30.5 Å². The Kier molecular flexibility index (Phi) is 3.86. The fraction of sp³-hybridized carbons (Fsp3) is 0.375. The van der Waals surface area contributed by atoms with Crippen LogP contribution >= 0.6 is 0 Å². The molecule has 2 aromatic rings. The lowest BCUT2D eigenvalue weighted by atomic mass is 10.1. The van der Waals surface area contributed by atoms with E-state index in [2.05, 4.69) is 16.9 Å². The van der Waals surface area contributed by atoms with Gasteiger partial charge >= 0.3 is 0 Å². The lowest BCUT2D eigenvalue weighted by Crippen LogP contribution is -2.56. The Hall–Kier alpha value is -1.98. The van der Waals surface area contributed by atoms with Crippen molar-refractivity contribution in [1.29, 1.82) is 0 Å². The van der Waals surface area contributed by atoms with Gasteiger partial charge in [-0.05, 0) is 31.3 Å². The molecule has 0 spiro atoms. The van der Waals surface area contributed by atoms with E-state index in [0.29, 0.717) is 12.1 Å². The minimum absolute atomic E-state index is 0.0595. The molecule has 5 nitrogen and oxygen atoms in total. The quantitative estimate of drug-likeness (QED) is 0.892.